The maximum Gasteiger partial charge on any atom is 0.258 e. The van der Waals surface area contributed by atoms with Crippen molar-refractivity contribution in [1.29, 1.82) is 0 Å². The van der Waals surface area contributed by atoms with E-state index in [1.165, 1.54) is 12.1 Å². The lowest BCUT2D eigenvalue weighted by atomic mass is 10.1. The molecule has 0 atom stereocenters. The number of carbonyl (C=O) groups is 1. The summed E-state index contributed by atoms with van der Waals surface area (Å²) in [5.41, 5.74) is 4.64. The Bertz CT molecular complexity index is 1110. The lowest BCUT2D eigenvalue weighted by Crippen LogP contribution is -2.33. The first-order valence-corrected chi connectivity index (χ1v) is 10.8. The Hall–Kier alpha value is -2.81. The fourth-order valence-corrected chi connectivity index (χ4v) is 3.59. The van der Waals surface area contributed by atoms with Crippen LogP contribution in [-0.2, 0) is 4.74 Å². The molecule has 166 valence electrons. The molecule has 1 saturated heterocycles. The predicted octanol–water partition coefficient (Wildman–Crippen LogP) is 4.19. The van der Waals surface area contributed by atoms with Crippen LogP contribution >= 0.6 is 23.2 Å². The Morgan fingerprint density at radius 3 is 2.75 bits per heavy atom. The molecule has 0 bridgehead atoms. The molecule has 0 spiro atoms. The number of ether oxygens (including phenoxy) is 1. The summed E-state index contributed by atoms with van der Waals surface area (Å²) >= 11 is 11.8. The van der Waals surface area contributed by atoms with Crippen molar-refractivity contribution >= 4 is 46.6 Å². The van der Waals surface area contributed by atoms with E-state index in [1.54, 1.807) is 6.07 Å². The van der Waals surface area contributed by atoms with Crippen LogP contribution in [0.15, 0.2) is 57.6 Å². The number of rotatable bonds is 3. The smallest absolute Gasteiger partial charge is 0.258 e. The Kier molecular flexibility index (Phi) is 7.14. The number of guanidine groups is 1. The summed E-state index contributed by atoms with van der Waals surface area (Å²) in [5.74, 6) is -0.564. The Balaban J connectivity index is 1.54. The van der Waals surface area contributed by atoms with Crippen LogP contribution in [0.1, 0.15) is 35.2 Å². The topological polar surface area (TPSA) is 87.4 Å². The van der Waals surface area contributed by atoms with Crippen molar-refractivity contribution in [1.82, 2.24) is 10.7 Å². The molecule has 2 aromatic rings. The van der Waals surface area contributed by atoms with Crippen LogP contribution < -0.4 is 10.7 Å². The van der Waals surface area contributed by atoms with Crippen molar-refractivity contribution in [2.45, 2.75) is 25.3 Å². The average Bonchev–Trinajstić information content (AvgIpc) is 3.25. The zero-order valence-corrected chi connectivity index (χ0v) is 18.5. The maximum absolute atomic E-state index is 13.8. The second kappa shape index (κ2) is 10.2. The van der Waals surface area contributed by atoms with Gasteiger partial charge in [-0.3, -0.25) is 15.5 Å². The summed E-state index contributed by atoms with van der Waals surface area (Å²) in [6.07, 6.45) is 1.85. The monoisotopic (exact) mass is 475 g/mol. The molecule has 0 saturated carbocycles. The molecular formula is C22H20Cl2FN5O2. The number of carbonyl (C=O) groups excluding carboxylic acids is 1. The normalized spacial score (nSPS) is 18.4. The number of amides is 1. The number of halogens is 3. The minimum absolute atomic E-state index is 0.0416. The Morgan fingerprint density at radius 2 is 2.00 bits per heavy atom. The van der Waals surface area contributed by atoms with Gasteiger partial charge >= 0.3 is 0 Å². The molecule has 32 heavy (non-hydrogen) atoms. The van der Waals surface area contributed by atoms with Gasteiger partial charge in [-0.05, 0) is 48.7 Å². The van der Waals surface area contributed by atoms with Gasteiger partial charge in [0.05, 0.1) is 23.2 Å². The third-order valence-corrected chi connectivity index (χ3v) is 5.50. The van der Waals surface area contributed by atoms with E-state index in [4.69, 9.17) is 27.9 Å². The molecule has 10 heteroatoms. The minimum Gasteiger partial charge on any atom is -0.381 e. The maximum atomic E-state index is 13.8. The Labute approximate surface area is 194 Å². The van der Waals surface area contributed by atoms with E-state index in [9.17, 15) is 9.18 Å². The van der Waals surface area contributed by atoms with Crippen LogP contribution in [0.4, 0.5) is 4.39 Å². The summed E-state index contributed by atoms with van der Waals surface area (Å²) in [4.78, 5) is 21.8. The summed E-state index contributed by atoms with van der Waals surface area (Å²) in [5, 5.41) is 7.55. The van der Waals surface area contributed by atoms with Crippen molar-refractivity contribution in [3.8, 4) is 0 Å². The van der Waals surface area contributed by atoms with Crippen LogP contribution in [0, 0.1) is 5.82 Å². The molecule has 2 heterocycles. The third kappa shape index (κ3) is 5.70. The van der Waals surface area contributed by atoms with Gasteiger partial charge in [0.15, 0.2) is 0 Å². The van der Waals surface area contributed by atoms with E-state index in [1.807, 2.05) is 18.2 Å². The molecule has 2 aliphatic heterocycles. The molecule has 0 radical (unpaired) electrons. The number of nitrogens with one attached hydrogen (secondary N) is 2. The Morgan fingerprint density at radius 1 is 1.19 bits per heavy atom. The second-order valence-electron chi connectivity index (χ2n) is 7.30. The van der Waals surface area contributed by atoms with Crippen molar-refractivity contribution < 1.29 is 13.9 Å². The first-order valence-electron chi connectivity index (χ1n) is 10.1. The highest BCUT2D eigenvalue weighted by molar-refractivity contribution is 6.31. The van der Waals surface area contributed by atoms with E-state index in [0.717, 1.165) is 30.2 Å². The van der Waals surface area contributed by atoms with Gasteiger partial charge in [-0.25, -0.2) is 9.38 Å². The van der Waals surface area contributed by atoms with Gasteiger partial charge in [0.25, 0.3) is 5.91 Å². The molecule has 4 rings (SSSR count). The van der Waals surface area contributed by atoms with Gasteiger partial charge < -0.3 is 4.74 Å². The highest BCUT2D eigenvalue weighted by Crippen LogP contribution is 2.17. The van der Waals surface area contributed by atoms with Crippen LogP contribution in [0.5, 0.6) is 0 Å². The number of aliphatic imine (C=N–C) groups is 2. The van der Waals surface area contributed by atoms with Gasteiger partial charge in [0.1, 0.15) is 11.7 Å². The van der Waals surface area contributed by atoms with E-state index < -0.39 is 11.7 Å². The molecule has 2 aliphatic rings. The molecule has 1 fully saturated rings. The SMILES string of the molecule is O=C(NC(N=C1CC(c2cccc(Cl)c2)=NN1)=NC1CCOCC1)c1ccc(Cl)c(F)c1. The molecule has 2 N–H and O–H groups in total. The van der Waals surface area contributed by atoms with Gasteiger partial charge in [-0.1, -0.05) is 35.3 Å². The fourth-order valence-electron chi connectivity index (χ4n) is 3.28. The number of hydrogen-bond donors (Lipinski definition) is 2. The molecular weight excluding hydrogens is 456 g/mol. The number of amidine groups is 1. The number of benzene rings is 2. The average molecular weight is 476 g/mol. The van der Waals surface area contributed by atoms with E-state index >= 15 is 0 Å². The van der Waals surface area contributed by atoms with Gasteiger partial charge in [0, 0.05) is 23.8 Å². The first kappa shape index (κ1) is 22.4. The summed E-state index contributed by atoms with van der Waals surface area (Å²) < 4.78 is 19.2. The minimum atomic E-state index is -0.675. The van der Waals surface area contributed by atoms with Crippen LogP contribution in [0.3, 0.4) is 0 Å². The van der Waals surface area contributed by atoms with Gasteiger partial charge in [0.2, 0.25) is 5.96 Å². The van der Waals surface area contributed by atoms with E-state index in [-0.39, 0.29) is 22.6 Å². The van der Waals surface area contributed by atoms with Crippen LogP contribution in [0.2, 0.25) is 10.0 Å². The van der Waals surface area contributed by atoms with E-state index in [0.29, 0.717) is 30.5 Å². The number of hydrazone groups is 1. The molecule has 2 aromatic carbocycles. The summed E-state index contributed by atoms with van der Waals surface area (Å²) in [7, 11) is 0. The first-order chi connectivity index (χ1) is 15.5. The molecule has 1 amide bonds. The highest BCUT2D eigenvalue weighted by atomic mass is 35.5. The number of nitrogens with zero attached hydrogens (tertiary/aromatic N) is 3. The molecule has 0 aromatic heterocycles. The molecule has 0 unspecified atom stereocenters. The van der Waals surface area contributed by atoms with Crippen LogP contribution in [0.25, 0.3) is 0 Å². The zero-order valence-electron chi connectivity index (χ0n) is 16.9. The standard InChI is InChI=1S/C22H20Cl2FN5O2/c23-15-3-1-2-13(10-15)19-12-20(30-29-19)27-22(26-16-6-8-32-9-7-16)28-21(31)14-4-5-17(24)18(25)11-14/h1-5,10-11,16H,6-9,12H2,(H2,26,27,28,30,31). The second-order valence-corrected chi connectivity index (χ2v) is 8.14. The van der Waals surface area contributed by atoms with Gasteiger partial charge in [-0.15, -0.1) is 0 Å². The van der Waals surface area contributed by atoms with Crippen molar-refractivity contribution in [3.63, 3.8) is 0 Å². The number of hydrogen-bond acceptors (Lipinski definition) is 4. The highest BCUT2D eigenvalue weighted by Gasteiger charge is 2.20. The van der Waals surface area contributed by atoms with Gasteiger partial charge in [-0.2, -0.15) is 10.1 Å². The molecule has 7 nitrogen and oxygen atoms in total. The fraction of sp³-hybridized carbons (Fsp3) is 0.273. The summed E-state index contributed by atoms with van der Waals surface area (Å²) in [6.45, 7) is 1.18. The largest absolute Gasteiger partial charge is 0.381 e. The van der Waals surface area contributed by atoms with E-state index in [2.05, 4.69) is 25.8 Å². The van der Waals surface area contributed by atoms with Crippen molar-refractivity contribution in [2.75, 3.05) is 13.2 Å². The quantitative estimate of drug-likeness (QED) is 0.515. The van der Waals surface area contributed by atoms with Crippen molar-refractivity contribution in [2.24, 2.45) is 15.1 Å². The summed E-state index contributed by atoms with van der Waals surface area (Å²) in [6, 6.07) is 11.2. The molecule has 0 aliphatic carbocycles. The third-order valence-electron chi connectivity index (χ3n) is 4.96. The van der Waals surface area contributed by atoms with Crippen LogP contribution in [-0.4, -0.2) is 42.7 Å². The zero-order chi connectivity index (χ0) is 22.5. The lowest BCUT2D eigenvalue weighted by molar-refractivity contribution is 0.0869. The van der Waals surface area contributed by atoms with Crippen molar-refractivity contribution in [3.05, 3.63) is 69.5 Å². The lowest BCUT2D eigenvalue weighted by Gasteiger charge is -2.19. The predicted molar refractivity (Wildman–Crippen MR) is 123 cm³/mol.